The predicted octanol–water partition coefficient (Wildman–Crippen LogP) is 3.43. The molecule has 0 aliphatic carbocycles. The smallest absolute Gasteiger partial charge is 0.131 e. The summed E-state index contributed by atoms with van der Waals surface area (Å²) in [4.78, 5) is 8.81. The summed E-state index contributed by atoms with van der Waals surface area (Å²) in [6.45, 7) is 5.86. The van der Waals surface area contributed by atoms with E-state index in [-0.39, 0.29) is 5.82 Å². The van der Waals surface area contributed by atoms with Crippen LogP contribution >= 0.6 is 0 Å². The van der Waals surface area contributed by atoms with Crippen LogP contribution in [0.4, 0.5) is 10.2 Å². The van der Waals surface area contributed by atoms with Gasteiger partial charge in [0, 0.05) is 17.5 Å². The van der Waals surface area contributed by atoms with Crippen molar-refractivity contribution in [3.8, 4) is 11.3 Å². The molecule has 0 aliphatic rings. The Labute approximate surface area is 112 Å². The van der Waals surface area contributed by atoms with Crippen LogP contribution in [-0.4, -0.2) is 9.97 Å². The average Bonchev–Trinajstić information content (AvgIpc) is 2.37. The van der Waals surface area contributed by atoms with Gasteiger partial charge in [0.05, 0.1) is 5.69 Å². The Balaban J connectivity index is 2.63. The van der Waals surface area contributed by atoms with Gasteiger partial charge in [0.1, 0.15) is 17.5 Å². The Morgan fingerprint density at radius 3 is 2.63 bits per heavy atom. The molecule has 1 heterocycles. The number of nitrogens with two attached hydrogens (primary N) is 1. The van der Waals surface area contributed by atoms with Gasteiger partial charge in [-0.2, -0.15) is 0 Å². The molecule has 2 rings (SSSR count). The first-order chi connectivity index (χ1) is 9.02. The Bertz CT molecular complexity index is 609. The minimum absolute atomic E-state index is 0.269. The molecule has 0 spiro atoms. The first kappa shape index (κ1) is 13.5. The predicted molar refractivity (Wildman–Crippen MR) is 75.3 cm³/mol. The zero-order valence-corrected chi connectivity index (χ0v) is 11.5. The van der Waals surface area contributed by atoms with Crippen LogP contribution in [0.2, 0.25) is 0 Å². The molecule has 0 saturated heterocycles. The quantitative estimate of drug-likeness (QED) is 0.918. The summed E-state index contributed by atoms with van der Waals surface area (Å²) < 4.78 is 13.4. The van der Waals surface area contributed by atoms with Gasteiger partial charge >= 0.3 is 0 Å². The lowest BCUT2D eigenvalue weighted by atomic mass is 10.0. The normalized spacial score (nSPS) is 10.7. The van der Waals surface area contributed by atoms with E-state index in [4.69, 9.17) is 5.73 Å². The Kier molecular flexibility index (Phi) is 3.79. The maximum absolute atomic E-state index is 13.4. The molecule has 100 valence electrons. The van der Waals surface area contributed by atoms with Gasteiger partial charge in [-0.05, 0) is 38.0 Å². The molecular formula is C15H18FN3. The standard InChI is InChI=1S/C15H18FN3/c1-4-5-13-18-14(10(3)15(17)19-13)12-8-11(16)7-6-9(12)2/h6-8H,4-5H2,1-3H3,(H2,17,18,19). The maximum atomic E-state index is 13.4. The Morgan fingerprint density at radius 1 is 1.21 bits per heavy atom. The van der Waals surface area contributed by atoms with E-state index in [1.807, 2.05) is 13.8 Å². The molecule has 0 amide bonds. The monoisotopic (exact) mass is 259 g/mol. The number of aryl methyl sites for hydroxylation is 2. The topological polar surface area (TPSA) is 51.8 Å². The van der Waals surface area contributed by atoms with Gasteiger partial charge in [-0.25, -0.2) is 14.4 Å². The van der Waals surface area contributed by atoms with E-state index in [1.54, 1.807) is 6.07 Å². The van der Waals surface area contributed by atoms with Gasteiger partial charge < -0.3 is 5.73 Å². The molecule has 0 unspecified atom stereocenters. The molecule has 0 aliphatic heterocycles. The molecule has 1 aromatic heterocycles. The minimum atomic E-state index is -0.269. The highest BCUT2D eigenvalue weighted by atomic mass is 19.1. The molecule has 3 nitrogen and oxygen atoms in total. The van der Waals surface area contributed by atoms with Gasteiger partial charge in [0.25, 0.3) is 0 Å². The molecule has 2 N–H and O–H groups in total. The largest absolute Gasteiger partial charge is 0.383 e. The number of rotatable bonds is 3. The van der Waals surface area contributed by atoms with Crippen molar-refractivity contribution < 1.29 is 4.39 Å². The number of hydrogen-bond donors (Lipinski definition) is 1. The third-order valence-corrected chi connectivity index (χ3v) is 3.16. The zero-order chi connectivity index (χ0) is 14.0. The van der Waals surface area contributed by atoms with Gasteiger partial charge in [-0.3, -0.25) is 0 Å². The van der Waals surface area contributed by atoms with E-state index in [0.29, 0.717) is 11.6 Å². The van der Waals surface area contributed by atoms with Crippen molar-refractivity contribution in [1.82, 2.24) is 9.97 Å². The molecule has 0 atom stereocenters. The van der Waals surface area contributed by atoms with Crippen molar-refractivity contribution in [2.24, 2.45) is 0 Å². The van der Waals surface area contributed by atoms with Gasteiger partial charge in [0.15, 0.2) is 0 Å². The van der Waals surface area contributed by atoms with Crippen LogP contribution in [0, 0.1) is 19.7 Å². The molecule has 2 aromatic rings. The van der Waals surface area contributed by atoms with E-state index in [1.165, 1.54) is 12.1 Å². The van der Waals surface area contributed by atoms with Crippen molar-refractivity contribution >= 4 is 5.82 Å². The van der Waals surface area contributed by atoms with Gasteiger partial charge in [-0.1, -0.05) is 13.0 Å². The summed E-state index contributed by atoms with van der Waals surface area (Å²) in [5.74, 6) is 0.913. The summed E-state index contributed by atoms with van der Waals surface area (Å²) in [6.07, 6.45) is 1.72. The highest BCUT2D eigenvalue weighted by Crippen LogP contribution is 2.28. The van der Waals surface area contributed by atoms with E-state index >= 15 is 0 Å². The SMILES string of the molecule is CCCc1nc(N)c(C)c(-c2cc(F)ccc2C)n1. The summed E-state index contributed by atoms with van der Waals surface area (Å²) in [7, 11) is 0. The first-order valence-corrected chi connectivity index (χ1v) is 6.42. The van der Waals surface area contributed by atoms with Crippen molar-refractivity contribution in [3.05, 3.63) is 41.0 Å². The fourth-order valence-corrected chi connectivity index (χ4v) is 2.03. The van der Waals surface area contributed by atoms with Crippen molar-refractivity contribution in [3.63, 3.8) is 0 Å². The zero-order valence-electron chi connectivity index (χ0n) is 11.5. The second kappa shape index (κ2) is 5.34. The minimum Gasteiger partial charge on any atom is -0.383 e. The molecule has 0 fully saturated rings. The number of nitrogen functional groups attached to an aromatic ring is 1. The summed E-state index contributed by atoms with van der Waals surface area (Å²) in [5.41, 5.74) is 9.22. The van der Waals surface area contributed by atoms with Crippen LogP contribution in [0.5, 0.6) is 0 Å². The molecule has 0 saturated carbocycles. The lowest BCUT2D eigenvalue weighted by molar-refractivity contribution is 0.628. The van der Waals surface area contributed by atoms with Crippen molar-refractivity contribution in [1.29, 1.82) is 0 Å². The van der Waals surface area contributed by atoms with Gasteiger partial charge in [-0.15, -0.1) is 0 Å². The Morgan fingerprint density at radius 2 is 1.95 bits per heavy atom. The molecular weight excluding hydrogens is 241 g/mol. The highest BCUT2D eigenvalue weighted by molar-refractivity contribution is 5.70. The fraction of sp³-hybridized carbons (Fsp3) is 0.333. The fourth-order valence-electron chi connectivity index (χ4n) is 2.03. The average molecular weight is 259 g/mol. The van der Waals surface area contributed by atoms with Crippen molar-refractivity contribution in [2.45, 2.75) is 33.6 Å². The number of nitrogens with zero attached hydrogens (tertiary/aromatic N) is 2. The number of benzene rings is 1. The first-order valence-electron chi connectivity index (χ1n) is 6.42. The molecule has 0 bridgehead atoms. The second-order valence-corrected chi connectivity index (χ2v) is 4.71. The van der Waals surface area contributed by atoms with Crippen LogP contribution in [0.3, 0.4) is 0 Å². The van der Waals surface area contributed by atoms with Gasteiger partial charge in [0.2, 0.25) is 0 Å². The molecule has 0 radical (unpaired) electrons. The lowest BCUT2D eigenvalue weighted by Crippen LogP contribution is -2.05. The van der Waals surface area contributed by atoms with E-state index in [9.17, 15) is 4.39 Å². The van der Waals surface area contributed by atoms with Crippen LogP contribution < -0.4 is 5.73 Å². The van der Waals surface area contributed by atoms with E-state index in [0.717, 1.165) is 35.2 Å². The maximum Gasteiger partial charge on any atom is 0.131 e. The lowest BCUT2D eigenvalue weighted by Gasteiger charge is -2.12. The molecule has 1 aromatic carbocycles. The highest BCUT2D eigenvalue weighted by Gasteiger charge is 2.13. The summed E-state index contributed by atoms with van der Waals surface area (Å²) >= 11 is 0. The second-order valence-electron chi connectivity index (χ2n) is 4.71. The summed E-state index contributed by atoms with van der Waals surface area (Å²) in [5, 5.41) is 0. The summed E-state index contributed by atoms with van der Waals surface area (Å²) in [6, 6.07) is 4.70. The molecule has 4 heteroatoms. The number of halogens is 1. The molecule has 19 heavy (non-hydrogen) atoms. The Hall–Kier alpha value is -1.97. The van der Waals surface area contributed by atoms with E-state index in [2.05, 4.69) is 16.9 Å². The third-order valence-electron chi connectivity index (χ3n) is 3.16. The number of anilines is 1. The number of aromatic nitrogens is 2. The van der Waals surface area contributed by atoms with Crippen molar-refractivity contribution in [2.75, 3.05) is 5.73 Å². The van der Waals surface area contributed by atoms with E-state index < -0.39 is 0 Å². The third kappa shape index (κ3) is 2.72. The number of hydrogen-bond acceptors (Lipinski definition) is 3. The van der Waals surface area contributed by atoms with Crippen LogP contribution in [0.15, 0.2) is 18.2 Å². The van der Waals surface area contributed by atoms with Crippen LogP contribution in [0.25, 0.3) is 11.3 Å². The van der Waals surface area contributed by atoms with Crippen LogP contribution in [-0.2, 0) is 6.42 Å². The van der Waals surface area contributed by atoms with Crippen LogP contribution in [0.1, 0.15) is 30.3 Å².